The fraction of sp³-hybridized carbons (Fsp3) is 0.647. The summed E-state index contributed by atoms with van der Waals surface area (Å²) in [5.74, 6) is 0.677. The first kappa shape index (κ1) is 13.0. The summed E-state index contributed by atoms with van der Waals surface area (Å²) in [5.41, 5.74) is 9.36. The number of hydrogen-bond donors (Lipinski definition) is 1. The maximum Gasteiger partial charge on any atom is 0.0402 e. The zero-order chi connectivity index (χ0) is 13.2. The minimum Gasteiger partial charge on any atom is -0.368 e. The van der Waals surface area contributed by atoms with Crippen LogP contribution in [0.1, 0.15) is 44.6 Å². The van der Waals surface area contributed by atoms with Gasteiger partial charge in [0.05, 0.1) is 0 Å². The minimum atomic E-state index is 0.405. The Morgan fingerprint density at radius 1 is 1.16 bits per heavy atom. The van der Waals surface area contributed by atoms with E-state index in [9.17, 15) is 0 Å². The van der Waals surface area contributed by atoms with E-state index in [4.69, 9.17) is 5.73 Å². The zero-order valence-electron chi connectivity index (χ0n) is 12.0. The highest BCUT2D eigenvalue weighted by Gasteiger charge is 2.30. The number of fused-ring (bicyclic) bond motifs is 1. The van der Waals surface area contributed by atoms with Gasteiger partial charge in [-0.1, -0.05) is 37.5 Å². The molecule has 1 heterocycles. The predicted molar refractivity (Wildman–Crippen MR) is 81.5 cm³/mol. The van der Waals surface area contributed by atoms with Gasteiger partial charge in [0.25, 0.3) is 0 Å². The third-order valence-electron chi connectivity index (χ3n) is 5.00. The normalized spacial score (nSPS) is 31.1. The van der Waals surface area contributed by atoms with Gasteiger partial charge < -0.3 is 10.6 Å². The lowest BCUT2D eigenvalue weighted by molar-refractivity contribution is 0.388. The predicted octanol–water partition coefficient (Wildman–Crippen LogP) is 3.35. The molecule has 0 bridgehead atoms. The monoisotopic (exact) mass is 258 g/mol. The second kappa shape index (κ2) is 5.54. The molecular formula is C17H26N2. The van der Waals surface area contributed by atoms with Gasteiger partial charge in [-0.2, -0.15) is 0 Å². The summed E-state index contributed by atoms with van der Waals surface area (Å²) in [5, 5.41) is 0. The first-order chi connectivity index (χ1) is 9.25. The van der Waals surface area contributed by atoms with Gasteiger partial charge in [-0.3, -0.25) is 0 Å². The number of nitrogens with zero attached hydrogens (tertiary/aromatic N) is 1. The highest BCUT2D eigenvalue weighted by molar-refractivity contribution is 5.59. The molecule has 19 heavy (non-hydrogen) atoms. The lowest BCUT2D eigenvalue weighted by atomic mass is 9.94. The molecule has 2 aliphatic rings. The van der Waals surface area contributed by atoms with E-state index < -0.39 is 0 Å². The van der Waals surface area contributed by atoms with Crippen molar-refractivity contribution >= 4 is 5.69 Å². The van der Waals surface area contributed by atoms with Crippen molar-refractivity contribution in [1.29, 1.82) is 0 Å². The van der Waals surface area contributed by atoms with E-state index in [2.05, 4.69) is 36.1 Å². The number of rotatable bonds is 2. The average Bonchev–Trinajstić information content (AvgIpc) is 2.58. The van der Waals surface area contributed by atoms with E-state index in [0.717, 1.165) is 6.54 Å². The van der Waals surface area contributed by atoms with Gasteiger partial charge in [0, 0.05) is 24.3 Å². The highest BCUT2D eigenvalue weighted by Crippen LogP contribution is 2.34. The van der Waals surface area contributed by atoms with E-state index in [1.54, 1.807) is 0 Å². The molecule has 1 aliphatic heterocycles. The molecule has 1 saturated carbocycles. The lowest BCUT2D eigenvalue weighted by Gasteiger charge is -2.32. The molecule has 1 fully saturated rings. The van der Waals surface area contributed by atoms with Crippen molar-refractivity contribution in [3.8, 4) is 0 Å². The Balaban J connectivity index is 1.75. The molecule has 3 unspecified atom stereocenters. The van der Waals surface area contributed by atoms with Crippen LogP contribution in [0.2, 0.25) is 0 Å². The molecule has 1 aliphatic carbocycles. The maximum absolute atomic E-state index is 6.40. The van der Waals surface area contributed by atoms with Gasteiger partial charge >= 0.3 is 0 Å². The van der Waals surface area contributed by atoms with Crippen LogP contribution in [-0.4, -0.2) is 18.6 Å². The van der Waals surface area contributed by atoms with Gasteiger partial charge in [0.15, 0.2) is 0 Å². The number of nitrogens with two attached hydrogens (primary N) is 1. The smallest absolute Gasteiger partial charge is 0.0402 e. The summed E-state index contributed by atoms with van der Waals surface area (Å²) >= 11 is 0. The summed E-state index contributed by atoms with van der Waals surface area (Å²) in [7, 11) is 0. The zero-order valence-corrected chi connectivity index (χ0v) is 12.0. The van der Waals surface area contributed by atoms with Crippen molar-refractivity contribution in [2.75, 3.05) is 11.4 Å². The highest BCUT2D eigenvalue weighted by atomic mass is 15.2. The summed E-state index contributed by atoms with van der Waals surface area (Å²) < 4.78 is 0. The molecule has 3 rings (SSSR count). The molecule has 1 aromatic rings. The number of hydrogen-bond acceptors (Lipinski definition) is 2. The summed E-state index contributed by atoms with van der Waals surface area (Å²) in [4.78, 5) is 2.60. The van der Waals surface area contributed by atoms with Crippen LogP contribution >= 0.6 is 0 Å². The quantitative estimate of drug-likeness (QED) is 0.824. The summed E-state index contributed by atoms with van der Waals surface area (Å²) in [6, 6.07) is 9.92. The van der Waals surface area contributed by atoms with Gasteiger partial charge in [-0.15, -0.1) is 0 Å². The maximum atomic E-state index is 6.40. The topological polar surface area (TPSA) is 29.3 Å². The molecule has 0 radical (unpaired) electrons. The molecule has 0 spiro atoms. The van der Waals surface area contributed by atoms with Crippen molar-refractivity contribution in [3.63, 3.8) is 0 Å². The Morgan fingerprint density at radius 3 is 2.84 bits per heavy atom. The Hall–Kier alpha value is -1.02. The number of anilines is 1. The number of para-hydroxylation sites is 1. The van der Waals surface area contributed by atoms with Crippen molar-refractivity contribution in [2.24, 2.45) is 11.7 Å². The first-order valence-electron chi connectivity index (χ1n) is 7.86. The van der Waals surface area contributed by atoms with E-state index in [-0.39, 0.29) is 0 Å². The molecular weight excluding hydrogens is 232 g/mol. The molecule has 0 amide bonds. The lowest BCUT2D eigenvalue weighted by Crippen LogP contribution is -2.41. The third-order valence-corrected chi connectivity index (χ3v) is 5.00. The Kier molecular flexibility index (Phi) is 3.79. The van der Waals surface area contributed by atoms with Crippen LogP contribution in [0.15, 0.2) is 24.3 Å². The van der Waals surface area contributed by atoms with Crippen LogP contribution in [-0.2, 0) is 6.42 Å². The Morgan fingerprint density at radius 2 is 1.95 bits per heavy atom. The molecule has 0 aromatic heterocycles. The van der Waals surface area contributed by atoms with Crippen molar-refractivity contribution < 1.29 is 0 Å². The Bertz CT molecular complexity index is 429. The summed E-state index contributed by atoms with van der Waals surface area (Å²) in [6.07, 6.45) is 7.78. The Labute approximate surface area is 117 Å². The van der Waals surface area contributed by atoms with Crippen molar-refractivity contribution in [1.82, 2.24) is 0 Å². The molecule has 2 nitrogen and oxygen atoms in total. The molecule has 104 valence electrons. The fourth-order valence-electron chi connectivity index (χ4n) is 3.80. The van der Waals surface area contributed by atoms with Crippen LogP contribution in [0, 0.1) is 5.92 Å². The third kappa shape index (κ3) is 2.64. The fourth-order valence-corrected chi connectivity index (χ4v) is 3.80. The second-order valence-corrected chi connectivity index (χ2v) is 6.40. The van der Waals surface area contributed by atoms with Crippen molar-refractivity contribution in [2.45, 2.75) is 57.5 Å². The van der Waals surface area contributed by atoms with Crippen LogP contribution in [0.4, 0.5) is 5.69 Å². The van der Waals surface area contributed by atoms with Gasteiger partial charge in [-0.25, -0.2) is 0 Å². The average molecular weight is 258 g/mol. The largest absolute Gasteiger partial charge is 0.368 e. The van der Waals surface area contributed by atoms with E-state index >= 15 is 0 Å². The van der Waals surface area contributed by atoms with Gasteiger partial charge in [0.2, 0.25) is 0 Å². The molecule has 1 aromatic carbocycles. The molecule has 2 heteroatoms. The second-order valence-electron chi connectivity index (χ2n) is 6.40. The van der Waals surface area contributed by atoms with E-state index in [1.165, 1.54) is 49.8 Å². The number of benzene rings is 1. The van der Waals surface area contributed by atoms with E-state index in [1.807, 2.05) is 0 Å². The minimum absolute atomic E-state index is 0.405. The van der Waals surface area contributed by atoms with Crippen LogP contribution in [0.5, 0.6) is 0 Å². The standard InChI is InChI=1S/C17H26N2/c1-13-11-14-7-5-6-10-17(14)19(13)12-15-8-3-2-4-9-16(15)18/h5-7,10,13,15-16H,2-4,8-9,11-12,18H2,1H3. The van der Waals surface area contributed by atoms with Crippen LogP contribution in [0.3, 0.4) is 0 Å². The van der Waals surface area contributed by atoms with Crippen molar-refractivity contribution in [3.05, 3.63) is 29.8 Å². The van der Waals surface area contributed by atoms with E-state index in [0.29, 0.717) is 18.0 Å². The SMILES string of the molecule is CC1Cc2ccccc2N1CC1CCCCCC1N. The summed E-state index contributed by atoms with van der Waals surface area (Å²) in [6.45, 7) is 3.50. The molecule has 0 saturated heterocycles. The van der Waals surface area contributed by atoms with Crippen LogP contribution < -0.4 is 10.6 Å². The van der Waals surface area contributed by atoms with Gasteiger partial charge in [0.1, 0.15) is 0 Å². The van der Waals surface area contributed by atoms with Crippen LogP contribution in [0.25, 0.3) is 0 Å². The first-order valence-corrected chi connectivity index (χ1v) is 7.86. The molecule has 2 N–H and O–H groups in total. The molecule has 3 atom stereocenters. The van der Waals surface area contributed by atoms with Gasteiger partial charge in [-0.05, 0) is 43.7 Å².